The largest absolute Gasteiger partial charge is 0.0884 e. The van der Waals surface area contributed by atoms with Gasteiger partial charge >= 0.3 is 0 Å². The maximum absolute atomic E-state index is 2.68. The van der Waals surface area contributed by atoms with Crippen molar-refractivity contribution in [2.24, 2.45) is 35.5 Å². The second-order valence-corrected chi connectivity index (χ2v) is 16.7. The van der Waals surface area contributed by atoms with E-state index in [-0.39, 0.29) is 7.92 Å². The van der Waals surface area contributed by atoms with E-state index in [1.54, 1.807) is 77.0 Å². The molecule has 8 bridgehead atoms. The predicted octanol–water partition coefficient (Wildman–Crippen LogP) is 7.20. The van der Waals surface area contributed by atoms with Crippen LogP contribution in [-0.4, -0.2) is 15.5 Å². The molecule has 0 aromatic carbocycles. The Morgan fingerprint density at radius 1 is 0.520 bits per heavy atom. The fourth-order valence-corrected chi connectivity index (χ4v) is 17.1. The van der Waals surface area contributed by atoms with Gasteiger partial charge in [0.2, 0.25) is 0 Å². The van der Waals surface area contributed by atoms with Crippen molar-refractivity contribution in [3.05, 3.63) is 0 Å². The van der Waals surface area contributed by atoms with E-state index in [0.717, 1.165) is 45.8 Å². The van der Waals surface area contributed by atoms with Crippen LogP contribution in [0.4, 0.5) is 0 Å². The summed E-state index contributed by atoms with van der Waals surface area (Å²) >= 11 is 0. The molecule has 0 unspecified atom stereocenters. The Morgan fingerprint density at radius 2 is 0.760 bits per heavy atom. The summed E-state index contributed by atoms with van der Waals surface area (Å²) in [6.45, 7) is 8.03. The quantitative estimate of drug-likeness (QED) is 0.458. The Labute approximate surface area is 157 Å². The van der Waals surface area contributed by atoms with Crippen molar-refractivity contribution in [1.82, 2.24) is 0 Å². The van der Waals surface area contributed by atoms with Gasteiger partial charge in [-0.1, -0.05) is 28.7 Å². The molecule has 140 valence electrons. The normalized spacial score (nSPS) is 57.2. The molecule has 0 aromatic rings. The zero-order valence-corrected chi connectivity index (χ0v) is 17.8. The van der Waals surface area contributed by atoms with Crippen molar-refractivity contribution in [2.75, 3.05) is 0 Å². The molecule has 25 heavy (non-hydrogen) atoms. The molecule has 8 rings (SSSR count). The fourth-order valence-electron chi connectivity index (χ4n) is 10.6. The highest BCUT2D eigenvalue weighted by Crippen LogP contribution is 2.82. The summed E-state index contributed by atoms with van der Waals surface area (Å²) in [7, 11) is 0.150. The van der Waals surface area contributed by atoms with Gasteiger partial charge in [0, 0.05) is 0 Å². The Balaban J connectivity index is 1.44. The molecule has 0 amide bonds. The van der Waals surface area contributed by atoms with Crippen LogP contribution < -0.4 is 0 Å². The van der Waals surface area contributed by atoms with Crippen molar-refractivity contribution in [1.29, 1.82) is 0 Å². The first-order valence-electron chi connectivity index (χ1n) is 11.6. The second-order valence-electron chi connectivity index (χ2n) is 12.8. The summed E-state index contributed by atoms with van der Waals surface area (Å²) in [6.07, 6.45) is 19.6. The van der Waals surface area contributed by atoms with E-state index < -0.39 is 0 Å². The molecule has 0 spiro atoms. The van der Waals surface area contributed by atoms with Crippen molar-refractivity contribution in [3.8, 4) is 0 Å². The first-order chi connectivity index (χ1) is 11.8. The van der Waals surface area contributed by atoms with Crippen LogP contribution in [0.1, 0.15) is 97.8 Å². The number of hydrogen-bond acceptors (Lipinski definition) is 0. The van der Waals surface area contributed by atoms with Crippen molar-refractivity contribution >= 4 is 7.92 Å². The van der Waals surface area contributed by atoms with E-state index >= 15 is 0 Å². The van der Waals surface area contributed by atoms with E-state index in [4.69, 9.17) is 0 Å². The minimum atomic E-state index is 0.150. The van der Waals surface area contributed by atoms with Crippen LogP contribution in [0.5, 0.6) is 0 Å². The van der Waals surface area contributed by atoms with E-state index in [1.807, 2.05) is 0 Å². The third-order valence-electron chi connectivity index (χ3n) is 9.63. The van der Waals surface area contributed by atoms with Crippen LogP contribution in [0.2, 0.25) is 0 Å². The summed E-state index contributed by atoms with van der Waals surface area (Å²) in [5, 5.41) is 2.20. The van der Waals surface area contributed by atoms with E-state index in [2.05, 4.69) is 20.8 Å². The molecule has 0 N–H and O–H groups in total. The number of hydrogen-bond donors (Lipinski definition) is 0. The standard InChI is InChI=1S/C24H39P/c1-22(2,3)25(23-10-16-4-17(11-23)6-18(5-16)12-23)24-13-19-7-20(14-24)9-21(8-19)15-24/h16-21H,4-15H2,1-3H3. The zero-order valence-electron chi connectivity index (χ0n) is 16.9. The molecule has 0 nitrogen and oxygen atoms in total. The van der Waals surface area contributed by atoms with Crippen molar-refractivity contribution in [3.63, 3.8) is 0 Å². The summed E-state index contributed by atoms with van der Waals surface area (Å²) in [6, 6.07) is 0. The molecule has 8 fully saturated rings. The van der Waals surface area contributed by atoms with Gasteiger partial charge in [0.25, 0.3) is 0 Å². The summed E-state index contributed by atoms with van der Waals surface area (Å²) in [5.41, 5.74) is 0. The highest BCUT2D eigenvalue weighted by molar-refractivity contribution is 7.62. The lowest BCUT2D eigenvalue weighted by Crippen LogP contribution is -2.58. The molecular weight excluding hydrogens is 319 g/mol. The average Bonchev–Trinajstić information content (AvgIpc) is 2.41. The first-order valence-corrected chi connectivity index (χ1v) is 13.0. The minimum Gasteiger partial charge on any atom is -0.0884 e. The van der Waals surface area contributed by atoms with E-state index in [1.165, 1.54) is 0 Å². The lowest BCUT2D eigenvalue weighted by molar-refractivity contribution is 0.0172. The fraction of sp³-hybridized carbons (Fsp3) is 1.00. The first kappa shape index (κ1) is 16.4. The van der Waals surface area contributed by atoms with Gasteiger partial charge in [-0.3, -0.25) is 0 Å². The van der Waals surface area contributed by atoms with Crippen LogP contribution in [-0.2, 0) is 0 Å². The molecule has 0 heterocycles. The predicted molar refractivity (Wildman–Crippen MR) is 108 cm³/mol. The van der Waals surface area contributed by atoms with Gasteiger partial charge < -0.3 is 0 Å². The highest BCUT2D eigenvalue weighted by atomic mass is 31.1. The molecule has 0 saturated heterocycles. The van der Waals surface area contributed by atoms with E-state index in [9.17, 15) is 0 Å². The van der Waals surface area contributed by atoms with Crippen molar-refractivity contribution in [2.45, 2.75) is 113 Å². The lowest BCUT2D eigenvalue weighted by atomic mass is 9.55. The smallest absolute Gasteiger partial charge is 0.00768 e. The Bertz CT molecular complexity index is 453. The highest BCUT2D eigenvalue weighted by Gasteiger charge is 2.64. The molecule has 0 aliphatic heterocycles. The topological polar surface area (TPSA) is 0 Å². The van der Waals surface area contributed by atoms with Crippen molar-refractivity contribution < 1.29 is 0 Å². The van der Waals surface area contributed by atoms with Crippen LogP contribution in [0, 0.1) is 35.5 Å². The van der Waals surface area contributed by atoms with E-state index in [0.29, 0.717) is 5.16 Å². The summed E-state index contributed by atoms with van der Waals surface area (Å²) in [4.78, 5) is 0. The third-order valence-corrected chi connectivity index (χ3v) is 14.0. The summed E-state index contributed by atoms with van der Waals surface area (Å²) in [5.74, 6) is 6.79. The Kier molecular flexibility index (Phi) is 3.32. The van der Waals surface area contributed by atoms with Gasteiger partial charge in [-0.25, -0.2) is 0 Å². The van der Waals surface area contributed by atoms with Gasteiger partial charge in [0.15, 0.2) is 0 Å². The molecule has 8 aliphatic carbocycles. The molecular formula is C24H39P. The molecule has 1 heteroatoms. The second kappa shape index (κ2) is 5.07. The van der Waals surface area contributed by atoms with Crippen LogP contribution in [0.25, 0.3) is 0 Å². The van der Waals surface area contributed by atoms with Gasteiger partial charge in [-0.15, -0.1) is 0 Å². The van der Waals surface area contributed by atoms with Gasteiger partial charge in [0.1, 0.15) is 0 Å². The maximum Gasteiger partial charge on any atom is -0.00768 e. The zero-order chi connectivity index (χ0) is 17.0. The van der Waals surface area contributed by atoms with Crippen LogP contribution in [0.3, 0.4) is 0 Å². The van der Waals surface area contributed by atoms with Gasteiger partial charge in [-0.05, 0) is 128 Å². The molecule has 0 atom stereocenters. The molecule has 8 saturated carbocycles. The molecule has 8 aliphatic rings. The Morgan fingerprint density at radius 3 is 0.960 bits per heavy atom. The SMILES string of the molecule is CC(C)(C)P(C12CC3CC(CC(C3)C1)C2)C12CC3CC(CC(C3)C1)C2. The average molecular weight is 359 g/mol. The Hall–Kier alpha value is 0.430. The number of rotatable bonds is 2. The molecule has 0 radical (unpaired) electrons. The van der Waals surface area contributed by atoms with Gasteiger partial charge in [0.05, 0.1) is 0 Å². The summed E-state index contributed by atoms with van der Waals surface area (Å²) < 4.78 is 0. The monoisotopic (exact) mass is 358 g/mol. The lowest BCUT2D eigenvalue weighted by Gasteiger charge is -2.70. The van der Waals surface area contributed by atoms with Crippen LogP contribution >= 0.6 is 7.92 Å². The third kappa shape index (κ3) is 2.34. The minimum absolute atomic E-state index is 0.150. The molecule has 0 aromatic heterocycles. The maximum atomic E-state index is 2.68. The van der Waals surface area contributed by atoms with Gasteiger partial charge in [-0.2, -0.15) is 0 Å². The van der Waals surface area contributed by atoms with Crippen LogP contribution in [0.15, 0.2) is 0 Å².